The van der Waals surface area contributed by atoms with Crippen LogP contribution in [-0.2, 0) is 9.53 Å². The summed E-state index contributed by atoms with van der Waals surface area (Å²) in [4.78, 5) is 12.5. The maximum absolute atomic E-state index is 12.5. The van der Waals surface area contributed by atoms with Crippen LogP contribution in [0.5, 0.6) is 0 Å². The first-order chi connectivity index (χ1) is 9.07. The highest BCUT2D eigenvalue weighted by Crippen LogP contribution is 2.38. The molecule has 2 saturated carbocycles. The Kier molecular flexibility index (Phi) is 4.88. The van der Waals surface area contributed by atoms with E-state index in [0.29, 0.717) is 24.5 Å². The van der Waals surface area contributed by atoms with Gasteiger partial charge in [0.15, 0.2) is 0 Å². The SMILES string of the molecule is CCOC(=O)C1(NC2CCCC2)CCC(C)C(C)C1. The molecule has 0 bridgehead atoms. The first-order valence-corrected chi connectivity index (χ1v) is 8.02. The lowest BCUT2D eigenvalue weighted by atomic mass is 9.71. The van der Waals surface area contributed by atoms with Crippen molar-refractivity contribution in [3.05, 3.63) is 0 Å². The zero-order valence-electron chi connectivity index (χ0n) is 12.7. The molecule has 3 heteroatoms. The fraction of sp³-hybridized carbons (Fsp3) is 0.938. The summed E-state index contributed by atoms with van der Waals surface area (Å²) in [6.45, 7) is 6.95. The molecule has 1 N–H and O–H groups in total. The van der Waals surface area contributed by atoms with Crippen LogP contribution in [0.25, 0.3) is 0 Å². The highest BCUT2D eigenvalue weighted by molar-refractivity contribution is 5.81. The van der Waals surface area contributed by atoms with Gasteiger partial charge in [0.2, 0.25) is 0 Å². The average molecular weight is 267 g/mol. The van der Waals surface area contributed by atoms with Gasteiger partial charge in [-0.15, -0.1) is 0 Å². The van der Waals surface area contributed by atoms with Crippen molar-refractivity contribution in [1.29, 1.82) is 0 Å². The van der Waals surface area contributed by atoms with Crippen molar-refractivity contribution < 1.29 is 9.53 Å². The molecule has 2 aliphatic rings. The summed E-state index contributed by atoms with van der Waals surface area (Å²) in [5, 5.41) is 3.69. The van der Waals surface area contributed by atoms with Gasteiger partial charge in [-0.3, -0.25) is 10.1 Å². The van der Waals surface area contributed by atoms with E-state index < -0.39 is 5.54 Å². The fourth-order valence-corrected chi connectivity index (χ4v) is 3.72. The molecule has 0 aliphatic heterocycles. The van der Waals surface area contributed by atoms with Gasteiger partial charge in [0.05, 0.1) is 6.61 Å². The molecular formula is C16H29NO2. The lowest BCUT2D eigenvalue weighted by Gasteiger charge is -2.43. The van der Waals surface area contributed by atoms with E-state index >= 15 is 0 Å². The lowest BCUT2D eigenvalue weighted by molar-refractivity contribution is -0.154. The van der Waals surface area contributed by atoms with E-state index in [9.17, 15) is 4.79 Å². The van der Waals surface area contributed by atoms with Crippen molar-refractivity contribution in [3.63, 3.8) is 0 Å². The molecule has 110 valence electrons. The van der Waals surface area contributed by atoms with Gasteiger partial charge in [-0.05, 0) is 50.9 Å². The fourth-order valence-electron chi connectivity index (χ4n) is 3.72. The topological polar surface area (TPSA) is 38.3 Å². The Labute approximate surface area is 117 Å². The van der Waals surface area contributed by atoms with E-state index in [1.807, 2.05) is 6.92 Å². The van der Waals surface area contributed by atoms with Crippen LogP contribution in [0.2, 0.25) is 0 Å². The summed E-state index contributed by atoms with van der Waals surface area (Å²) in [7, 11) is 0. The number of carbonyl (C=O) groups excluding carboxylic acids is 1. The number of hydrogen-bond donors (Lipinski definition) is 1. The smallest absolute Gasteiger partial charge is 0.326 e. The van der Waals surface area contributed by atoms with E-state index in [2.05, 4.69) is 19.2 Å². The highest BCUT2D eigenvalue weighted by Gasteiger charge is 2.46. The van der Waals surface area contributed by atoms with Crippen molar-refractivity contribution >= 4 is 5.97 Å². The molecule has 0 radical (unpaired) electrons. The third-order valence-electron chi connectivity index (χ3n) is 5.17. The molecule has 0 aromatic heterocycles. The Bertz CT molecular complexity index is 312. The predicted octanol–water partition coefficient (Wildman–Crippen LogP) is 3.28. The summed E-state index contributed by atoms with van der Waals surface area (Å²) in [5.74, 6) is 1.29. The lowest BCUT2D eigenvalue weighted by Crippen LogP contribution is -2.59. The van der Waals surface area contributed by atoms with Crippen LogP contribution in [0.4, 0.5) is 0 Å². The van der Waals surface area contributed by atoms with E-state index in [1.54, 1.807) is 0 Å². The van der Waals surface area contributed by atoms with Gasteiger partial charge in [0.1, 0.15) is 5.54 Å². The first kappa shape index (κ1) is 14.8. The number of nitrogens with one attached hydrogen (secondary N) is 1. The highest BCUT2D eigenvalue weighted by atomic mass is 16.5. The van der Waals surface area contributed by atoms with Gasteiger partial charge < -0.3 is 4.74 Å². The molecule has 3 unspecified atom stereocenters. The van der Waals surface area contributed by atoms with Crippen molar-refractivity contribution in [1.82, 2.24) is 5.32 Å². The van der Waals surface area contributed by atoms with E-state index in [-0.39, 0.29) is 5.97 Å². The molecular weight excluding hydrogens is 238 g/mol. The van der Waals surface area contributed by atoms with Crippen LogP contribution in [0.1, 0.15) is 65.7 Å². The maximum Gasteiger partial charge on any atom is 0.326 e. The molecule has 0 spiro atoms. The molecule has 0 aromatic carbocycles. The Hall–Kier alpha value is -0.570. The van der Waals surface area contributed by atoms with Crippen LogP contribution < -0.4 is 5.32 Å². The Morgan fingerprint density at radius 2 is 1.89 bits per heavy atom. The predicted molar refractivity (Wildman–Crippen MR) is 76.9 cm³/mol. The van der Waals surface area contributed by atoms with Gasteiger partial charge in [0.25, 0.3) is 0 Å². The molecule has 3 nitrogen and oxygen atoms in total. The Balaban J connectivity index is 2.09. The van der Waals surface area contributed by atoms with Crippen LogP contribution in [0.15, 0.2) is 0 Å². The molecule has 0 amide bonds. The maximum atomic E-state index is 12.5. The van der Waals surface area contributed by atoms with Gasteiger partial charge in [-0.25, -0.2) is 0 Å². The molecule has 3 atom stereocenters. The minimum Gasteiger partial charge on any atom is -0.465 e. The van der Waals surface area contributed by atoms with E-state index in [0.717, 1.165) is 19.3 Å². The number of rotatable bonds is 4. The number of esters is 1. The minimum atomic E-state index is -0.406. The van der Waals surface area contributed by atoms with Crippen LogP contribution in [0, 0.1) is 11.8 Å². The summed E-state index contributed by atoms with van der Waals surface area (Å²) in [6.07, 6.45) is 8.01. The quantitative estimate of drug-likeness (QED) is 0.794. The number of carbonyl (C=O) groups is 1. The molecule has 0 saturated heterocycles. The molecule has 2 fully saturated rings. The standard InChI is InChI=1S/C16H29NO2/c1-4-19-15(18)16(17-14-7-5-6-8-14)10-9-12(2)13(3)11-16/h12-14,17H,4-11H2,1-3H3. The number of ether oxygens (including phenoxy) is 1. The second-order valence-corrected chi connectivity index (χ2v) is 6.63. The van der Waals surface area contributed by atoms with Crippen LogP contribution >= 0.6 is 0 Å². The van der Waals surface area contributed by atoms with Crippen LogP contribution in [0.3, 0.4) is 0 Å². The molecule has 2 aliphatic carbocycles. The minimum absolute atomic E-state index is 0.0133. The zero-order chi connectivity index (χ0) is 13.9. The third kappa shape index (κ3) is 3.31. The number of hydrogen-bond acceptors (Lipinski definition) is 3. The zero-order valence-corrected chi connectivity index (χ0v) is 12.7. The van der Waals surface area contributed by atoms with Crippen molar-refractivity contribution in [2.45, 2.75) is 77.3 Å². The summed E-state index contributed by atoms with van der Waals surface area (Å²) in [5.41, 5.74) is -0.406. The van der Waals surface area contributed by atoms with Crippen molar-refractivity contribution in [2.24, 2.45) is 11.8 Å². The normalized spacial score (nSPS) is 36.4. The van der Waals surface area contributed by atoms with Gasteiger partial charge >= 0.3 is 5.97 Å². The molecule has 19 heavy (non-hydrogen) atoms. The summed E-state index contributed by atoms with van der Waals surface area (Å²) in [6, 6.07) is 0.519. The van der Waals surface area contributed by atoms with Crippen molar-refractivity contribution in [2.75, 3.05) is 6.61 Å². The first-order valence-electron chi connectivity index (χ1n) is 8.02. The van der Waals surface area contributed by atoms with E-state index in [1.165, 1.54) is 25.7 Å². The largest absolute Gasteiger partial charge is 0.465 e. The monoisotopic (exact) mass is 267 g/mol. The second-order valence-electron chi connectivity index (χ2n) is 6.63. The van der Waals surface area contributed by atoms with E-state index in [4.69, 9.17) is 4.74 Å². The molecule has 0 heterocycles. The molecule has 0 aromatic rings. The Morgan fingerprint density at radius 1 is 1.21 bits per heavy atom. The van der Waals surface area contributed by atoms with Crippen LogP contribution in [-0.4, -0.2) is 24.2 Å². The van der Waals surface area contributed by atoms with Gasteiger partial charge in [-0.1, -0.05) is 26.7 Å². The van der Waals surface area contributed by atoms with Gasteiger partial charge in [-0.2, -0.15) is 0 Å². The third-order valence-corrected chi connectivity index (χ3v) is 5.17. The van der Waals surface area contributed by atoms with Crippen molar-refractivity contribution in [3.8, 4) is 0 Å². The molecule has 2 rings (SSSR count). The second kappa shape index (κ2) is 6.25. The Morgan fingerprint density at radius 3 is 2.47 bits per heavy atom. The summed E-state index contributed by atoms with van der Waals surface area (Å²) >= 11 is 0. The van der Waals surface area contributed by atoms with Gasteiger partial charge in [0, 0.05) is 6.04 Å². The average Bonchev–Trinajstić information content (AvgIpc) is 2.87. The summed E-state index contributed by atoms with van der Waals surface area (Å²) < 4.78 is 5.38.